The predicted molar refractivity (Wildman–Crippen MR) is 101 cm³/mol. The highest BCUT2D eigenvalue weighted by molar-refractivity contribution is 7.89. The lowest BCUT2D eigenvalue weighted by Crippen LogP contribution is -2.39. The van der Waals surface area contributed by atoms with Gasteiger partial charge < -0.3 is 10.6 Å². The van der Waals surface area contributed by atoms with Gasteiger partial charge in [-0.2, -0.15) is 4.31 Å². The number of benzene rings is 1. The number of amides is 2. The van der Waals surface area contributed by atoms with E-state index in [1.54, 1.807) is 0 Å². The molecule has 0 fully saturated rings. The van der Waals surface area contributed by atoms with Gasteiger partial charge >= 0.3 is 0 Å². The van der Waals surface area contributed by atoms with Gasteiger partial charge in [0, 0.05) is 24.5 Å². The van der Waals surface area contributed by atoms with Crippen LogP contribution in [-0.4, -0.2) is 38.1 Å². The molecule has 0 bridgehead atoms. The molecule has 140 valence electrons. The van der Waals surface area contributed by atoms with Crippen molar-refractivity contribution < 1.29 is 18.0 Å². The predicted octanol–water partition coefficient (Wildman–Crippen LogP) is 2.20. The third kappa shape index (κ3) is 5.13. The number of thiophene rings is 1. The number of hydrogen-bond acceptors (Lipinski definition) is 5. The van der Waals surface area contributed by atoms with E-state index in [1.165, 1.54) is 49.6 Å². The molecule has 1 heterocycles. The quantitative estimate of drug-likeness (QED) is 0.751. The van der Waals surface area contributed by atoms with Gasteiger partial charge in [0.05, 0.1) is 17.5 Å². The molecule has 0 saturated carbocycles. The van der Waals surface area contributed by atoms with E-state index in [0.717, 1.165) is 9.18 Å². The average Bonchev–Trinajstić information content (AvgIpc) is 3.09. The molecule has 2 aromatic rings. The van der Waals surface area contributed by atoms with E-state index in [4.69, 9.17) is 0 Å². The number of likely N-dealkylation sites (N-methyl/N-ethyl adjacent to an activating group) is 1. The molecule has 2 rings (SSSR count). The second-order valence-electron chi connectivity index (χ2n) is 5.77. The summed E-state index contributed by atoms with van der Waals surface area (Å²) < 4.78 is 26.1. The lowest BCUT2D eigenvalue weighted by Gasteiger charge is -2.19. The minimum Gasteiger partial charge on any atom is -0.348 e. The normalized spacial score (nSPS) is 12.6. The van der Waals surface area contributed by atoms with Gasteiger partial charge in [-0.25, -0.2) is 8.42 Å². The van der Waals surface area contributed by atoms with Crippen LogP contribution in [0.25, 0.3) is 0 Å². The number of carbonyl (C=O) groups is 2. The molecule has 0 aliphatic heterocycles. The van der Waals surface area contributed by atoms with Gasteiger partial charge in [0.2, 0.25) is 21.8 Å². The summed E-state index contributed by atoms with van der Waals surface area (Å²) in [6, 6.07) is 9.40. The third-order valence-electron chi connectivity index (χ3n) is 3.60. The van der Waals surface area contributed by atoms with E-state index in [-0.39, 0.29) is 29.3 Å². The molecule has 2 amide bonds. The number of hydrogen-bond donors (Lipinski definition) is 2. The highest BCUT2D eigenvalue weighted by Gasteiger charge is 2.23. The smallest absolute Gasteiger partial charge is 0.243 e. The van der Waals surface area contributed by atoms with Crippen molar-refractivity contribution in [3.05, 3.63) is 46.7 Å². The van der Waals surface area contributed by atoms with Crippen LogP contribution < -0.4 is 10.6 Å². The van der Waals surface area contributed by atoms with E-state index < -0.39 is 10.0 Å². The second kappa shape index (κ2) is 8.43. The summed E-state index contributed by atoms with van der Waals surface area (Å²) in [5, 5.41) is 7.27. The first-order valence-corrected chi connectivity index (χ1v) is 10.2. The fourth-order valence-electron chi connectivity index (χ4n) is 2.28. The first-order chi connectivity index (χ1) is 12.2. The van der Waals surface area contributed by atoms with Gasteiger partial charge in [0.1, 0.15) is 0 Å². The van der Waals surface area contributed by atoms with E-state index in [1.807, 2.05) is 24.4 Å². The van der Waals surface area contributed by atoms with Crippen molar-refractivity contribution in [1.29, 1.82) is 0 Å². The van der Waals surface area contributed by atoms with Crippen molar-refractivity contribution in [1.82, 2.24) is 9.62 Å². The van der Waals surface area contributed by atoms with Gasteiger partial charge in [-0.3, -0.25) is 9.59 Å². The van der Waals surface area contributed by atoms with E-state index >= 15 is 0 Å². The zero-order valence-electron chi connectivity index (χ0n) is 14.7. The molecule has 9 heteroatoms. The highest BCUT2D eigenvalue weighted by atomic mass is 32.2. The Balaban J connectivity index is 2.01. The van der Waals surface area contributed by atoms with Crippen LogP contribution in [0.4, 0.5) is 5.69 Å². The van der Waals surface area contributed by atoms with Crippen molar-refractivity contribution in [2.75, 3.05) is 18.9 Å². The van der Waals surface area contributed by atoms with E-state index in [9.17, 15) is 18.0 Å². The number of nitrogens with zero attached hydrogens (tertiary/aromatic N) is 1. The average molecular weight is 396 g/mol. The Hall–Kier alpha value is -2.23. The first-order valence-electron chi connectivity index (χ1n) is 7.87. The summed E-state index contributed by atoms with van der Waals surface area (Å²) in [5.74, 6) is -0.624. The molecule has 0 radical (unpaired) electrons. The largest absolute Gasteiger partial charge is 0.348 e. The zero-order valence-corrected chi connectivity index (χ0v) is 16.4. The standard InChI is InChI=1S/C17H21N3O4S2/c1-12(16-5-4-10-25-16)18-17(22)11-20(3)26(23,24)15-8-6-14(7-9-15)19-13(2)21/h4-10,12H,11H2,1-3H3,(H,18,22)(H,19,21)/t12-/m0/s1. The Labute approximate surface area is 157 Å². The Morgan fingerprint density at radius 2 is 1.85 bits per heavy atom. The molecule has 1 aromatic carbocycles. The highest BCUT2D eigenvalue weighted by Crippen LogP contribution is 2.19. The number of rotatable bonds is 7. The summed E-state index contributed by atoms with van der Waals surface area (Å²) in [4.78, 5) is 24.2. The van der Waals surface area contributed by atoms with Gasteiger partial charge in [0.25, 0.3) is 0 Å². The van der Waals surface area contributed by atoms with Crippen molar-refractivity contribution in [2.24, 2.45) is 0 Å². The Bertz CT molecular complexity index is 862. The molecule has 0 saturated heterocycles. The summed E-state index contributed by atoms with van der Waals surface area (Å²) >= 11 is 1.52. The zero-order chi connectivity index (χ0) is 19.3. The number of sulfonamides is 1. The van der Waals surface area contributed by atoms with Crippen molar-refractivity contribution in [2.45, 2.75) is 24.8 Å². The molecule has 7 nitrogen and oxygen atoms in total. The van der Waals surface area contributed by atoms with E-state index in [0.29, 0.717) is 5.69 Å². The maximum atomic E-state index is 12.6. The van der Waals surface area contributed by atoms with Crippen LogP contribution in [0.5, 0.6) is 0 Å². The van der Waals surface area contributed by atoms with Crippen LogP contribution in [0, 0.1) is 0 Å². The summed E-state index contributed by atoms with van der Waals surface area (Å²) in [5.41, 5.74) is 0.501. The minimum absolute atomic E-state index is 0.0493. The molecule has 0 aliphatic carbocycles. The lowest BCUT2D eigenvalue weighted by molar-refractivity contribution is -0.121. The fourth-order valence-corrected chi connectivity index (χ4v) is 4.14. The second-order valence-corrected chi connectivity index (χ2v) is 8.80. The minimum atomic E-state index is -3.81. The molecule has 1 atom stereocenters. The lowest BCUT2D eigenvalue weighted by atomic mass is 10.3. The van der Waals surface area contributed by atoms with Crippen LogP contribution in [0.15, 0.2) is 46.7 Å². The van der Waals surface area contributed by atoms with Crippen LogP contribution in [-0.2, 0) is 19.6 Å². The van der Waals surface area contributed by atoms with Gasteiger partial charge in [-0.15, -0.1) is 11.3 Å². The van der Waals surface area contributed by atoms with Crippen LogP contribution in [0.2, 0.25) is 0 Å². The number of anilines is 1. The molecule has 1 aromatic heterocycles. The Morgan fingerprint density at radius 3 is 2.38 bits per heavy atom. The van der Waals surface area contributed by atoms with Crippen molar-refractivity contribution in [3.63, 3.8) is 0 Å². The number of nitrogens with one attached hydrogen (secondary N) is 2. The van der Waals surface area contributed by atoms with Gasteiger partial charge in [-0.05, 0) is 42.6 Å². The summed E-state index contributed by atoms with van der Waals surface area (Å²) in [6.07, 6.45) is 0. The number of carbonyl (C=O) groups excluding carboxylic acids is 2. The molecule has 0 spiro atoms. The van der Waals surface area contributed by atoms with E-state index in [2.05, 4.69) is 10.6 Å². The first kappa shape index (κ1) is 20.1. The monoisotopic (exact) mass is 395 g/mol. The maximum Gasteiger partial charge on any atom is 0.243 e. The Kier molecular flexibility index (Phi) is 6.52. The van der Waals surface area contributed by atoms with Crippen LogP contribution in [0.3, 0.4) is 0 Å². The maximum absolute atomic E-state index is 12.6. The fraction of sp³-hybridized carbons (Fsp3) is 0.294. The molecule has 26 heavy (non-hydrogen) atoms. The van der Waals surface area contributed by atoms with Crippen molar-refractivity contribution >= 4 is 38.9 Å². The molecule has 2 N–H and O–H groups in total. The Morgan fingerprint density at radius 1 is 1.19 bits per heavy atom. The molecular weight excluding hydrogens is 374 g/mol. The van der Waals surface area contributed by atoms with Gasteiger partial charge in [0.15, 0.2) is 0 Å². The topological polar surface area (TPSA) is 95.6 Å². The van der Waals surface area contributed by atoms with Gasteiger partial charge in [-0.1, -0.05) is 6.07 Å². The molecule has 0 unspecified atom stereocenters. The third-order valence-corrected chi connectivity index (χ3v) is 6.47. The molecule has 0 aliphatic rings. The SMILES string of the molecule is CC(=O)Nc1ccc(S(=O)(=O)N(C)CC(=O)N[C@@H](C)c2cccs2)cc1. The van der Waals surface area contributed by atoms with Crippen LogP contribution in [0.1, 0.15) is 24.8 Å². The van der Waals surface area contributed by atoms with Crippen molar-refractivity contribution in [3.8, 4) is 0 Å². The summed E-state index contributed by atoms with van der Waals surface area (Å²) in [7, 11) is -2.45. The molecular formula is C17H21N3O4S2. The summed E-state index contributed by atoms with van der Waals surface area (Å²) in [6.45, 7) is 2.93. The van der Waals surface area contributed by atoms with Crippen LogP contribution >= 0.6 is 11.3 Å².